The average molecular weight is 292 g/mol. The van der Waals surface area contributed by atoms with Gasteiger partial charge in [0.25, 0.3) is 0 Å². The van der Waals surface area contributed by atoms with E-state index >= 15 is 0 Å². The van der Waals surface area contributed by atoms with Gasteiger partial charge in [0.1, 0.15) is 0 Å². The van der Waals surface area contributed by atoms with Gasteiger partial charge in [-0.1, -0.05) is 25.1 Å². The topological polar surface area (TPSA) is 60.9 Å². The van der Waals surface area contributed by atoms with Crippen molar-refractivity contribution in [3.63, 3.8) is 0 Å². The van der Waals surface area contributed by atoms with E-state index in [2.05, 4.69) is 0 Å². The summed E-state index contributed by atoms with van der Waals surface area (Å²) in [4.78, 5) is 26.8. The normalized spacial score (nSPS) is 10.6. The number of hydrogen-bond donors (Lipinski definition) is 1. The number of carboxylic acid groups (broad SMARTS) is 1. The number of nitrogens with zero attached hydrogens (tertiary/aromatic N) is 2. The van der Waals surface area contributed by atoms with Crippen molar-refractivity contribution >= 4 is 17.6 Å². The summed E-state index contributed by atoms with van der Waals surface area (Å²) >= 11 is 0. The average Bonchev–Trinajstić information content (AvgIpc) is 2.47. The highest BCUT2D eigenvalue weighted by Gasteiger charge is 2.17. The minimum Gasteiger partial charge on any atom is -0.481 e. The Morgan fingerprint density at radius 2 is 1.76 bits per heavy atom. The summed E-state index contributed by atoms with van der Waals surface area (Å²) in [5, 5.41) is 8.78. The van der Waals surface area contributed by atoms with E-state index < -0.39 is 5.97 Å². The van der Waals surface area contributed by atoms with E-state index in [-0.39, 0.29) is 18.9 Å². The van der Waals surface area contributed by atoms with Crippen LogP contribution in [0, 0.1) is 0 Å². The molecule has 0 radical (unpaired) electrons. The summed E-state index contributed by atoms with van der Waals surface area (Å²) < 4.78 is 0. The monoisotopic (exact) mass is 292 g/mol. The molecular weight excluding hydrogens is 268 g/mol. The predicted molar refractivity (Wildman–Crippen MR) is 83.5 cm³/mol. The Balaban J connectivity index is 2.67. The van der Waals surface area contributed by atoms with Gasteiger partial charge in [-0.05, 0) is 32.0 Å². The molecule has 5 heteroatoms. The molecule has 0 aromatic heterocycles. The molecule has 21 heavy (non-hydrogen) atoms. The molecule has 1 aromatic carbocycles. The van der Waals surface area contributed by atoms with Crippen molar-refractivity contribution in [1.29, 1.82) is 0 Å². The number of anilines is 1. The summed E-state index contributed by atoms with van der Waals surface area (Å²) in [6, 6.07) is 9.53. The zero-order valence-electron chi connectivity index (χ0n) is 12.8. The van der Waals surface area contributed by atoms with Crippen LogP contribution in [0.3, 0.4) is 0 Å². The van der Waals surface area contributed by atoms with Crippen LogP contribution in [0.1, 0.15) is 26.7 Å². The van der Waals surface area contributed by atoms with Crippen molar-refractivity contribution in [1.82, 2.24) is 4.90 Å². The third kappa shape index (κ3) is 5.95. The van der Waals surface area contributed by atoms with E-state index in [1.54, 1.807) is 4.90 Å². The van der Waals surface area contributed by atoms with Crippen LogP contribution in [-0.2, 0) is 9.59 Å². The molecule has 0 aliphatic heterocycles. The van der Waals surface area contributed by atoms with Crippen LogP contribution in [0.2, 0.25) is 0 Å². The second-order valence-corrected chi connectivity index (χ2v) is 4.89. The van der Waals surface area contributed by atoms with Crippen LogP contribution in [-0.4, -0.2) is 48.1 Å². The van der Waals surface area contributed by atoms with Gasteiger partial charge in [-0.2, -0.15) is 0 Å². The maximum Gasteiger partial charge on any atom is 0.304 e. The Morgan fingerprint density at radius 1 is 1.10 bits per heavy atom. The van der Waals surface area contributed by atoms with Crippen LogP contribution >= 0.6 is 0 Å². The first kappa shape index (κ1) is 17.2. The molecule has 1 rings (SSSR count). The second-order valence-electron chi connectivity index (χ2n) is 4.89. The lowest BCUT2D eigenvalue weighted by molar-refractivity contribution is -0.137. The summed E-state index contributed by atoms with van der Waals surface area (Å²) in [7, 11) is 0. The zero-order chi connectivity index (χ0) is 15.7. The van der Waals surface area contributed by atoms with Crippen molar-refractivity contribution < 1.29 is 14.7 Å². The predicted octanol–water partition coefficient (Wildman–Crippen LogP) is 2.23. The summed E-state index contributed by atoms with van der Waals surface area (Å²) in [5.41, 5.74) is 0.875. The first-order valence-electron chi connectivity index (χ1n) is 7.38. The molecule has 1 amide bonds. The number of amides is 1. The maximum absolute atomic E-state index is 12.4. The number of benzene rings is 1. The van der Waals surface area contributed by atoms with Crippen LogP contribution in [0.5, 0.6) is 0 Å². The third-order valence-electron chi connectivity index (χ3n) is 3.23. The van der Waals surface area contributed by atoms with Gasteiger partial charge in [0.15, 0.2) is 0 Å². The van der Waals surface area contributed by atoms with Gasteiger partial charge in [0.2, 0.25) is 5.91 Å². The van der Waals surface area contributed by atoms with Crippen molar-refractivity contribution in [2.24, 2.45) is 0 Å². The van der Waals surface area contributed by atoms with Crippen molar-refractivity contribution in [3.05, 3.63) is 30.3 Å². The number of aliphatic carboxylic acids is 1. The molecule has 0 aliphatic carbocycles. The number of para-hydroxylation sites is 1. The molecule has 116 valence electrons. The van der Waals surface area contributed by atoms with Gasteiger partial charge >= 0.3 is 5.97 Å². The highest BCUT2D eigenvalue weighted by molar-refractivity contribution is 5.94. The fourth-order valence-corrected chi connectivity index (χ4v) is 2.23. The number of carbonyl (C=O) groups is 2. The highest BCUT2D eigenvalue weighted by Crippen LogP contribution is 2.13. The Morgan fingerprint density at radius 3 is 2.29 bits per heavy atom. The molecule has 0 atom stereocenters. The molecule has 0 heterocycles. The Labute approximate surface area is 126 Å². The summed E-state index contributed by atoms with van der Waals surface area (Å²) in [5.74, 6) is -0.832. The van der Waals surface area contributed by atoms with Crippen molar-refractivity contribution in [2.75, 3.05) is 31.1 Å². The molecule has 0 unspecified atom stereocenters. The van der Waals surface area contributed by atoms with E-state index in [0.717, 1.165) is 18.7 Å². The quantitative estimate of drug-likeness (QED) is 0.758. The van der Waals surface area contributed by atoms with Crippen LogP contribution in [0.4, 0.5) is 5.69 Å². The van der Waals surface area contributed by atoms with Crippen molar-refractivity contribution in [2.45, 2.75) is 26.7 Å². The molecule has 0 fully saturated rings. The first-order valence-corrected chi connectivity index (χ1v) is 7.38. The van der Waals surface area contributed by atoms with Gasteiger partial charge in [-0.25, -0.2) is 0 Å². The molecule has 0 saturated heterocycles. The number of carbonyl (C=O) groups excluding carboxylic acids is 1. The molecular formula is C16H24N2O3. The largest absolute Gasteiger partial charge is 0.481 e. The molecule has 1 aromatic rings. The van der Waals surface area contributed by atoms with E-state index in [9.17, 15) is 9.59 Å². The summed E-state index contributed by atoms with van der Waals surface area (Å²) in [6.45, 7) is 5.94. The van der Waals surface area contributed by atoms with Crippen molar-refractivity contribution in [3.8, 4) is 0 Å². The van der Waals surface area contributed by atoms with E-state index in [0.29, 0.717) is 13.1 Å². The second kappa shape index (κ2) is 9.13. The first-order chi connectivity index (χ1) is 10.1. The fourth-order valence-electron chi connectivity index (χ4n) is 2.23. The minimum absolute atomic E-state index is 0.00235. The SMILES string of the molecule is CCCN(CCC(=O)O)CC(=O)N(CC)c1ccccc1. The standard InChI is InChI=1S/C16H24N2O3/c1-3-11-17(12-10-16(20)21)13-15(19)18(4-2)14-8-6-5-7-9-14/h5-9H,3-4,10-13H2,1-2H3,(H,20,21). The van der Waals surface area contributed by atoms with Gasteiger partial charge in [0.05, 0.1) is 13.0 Å². The van der Waals surface area contributed by atoms with Gasteiger partial charge in [-0.3, -0.25) is 14.5 Å². The van der Waals surface area contributed by atoms with Gasteiger partial charge < -0.3 is 10.0 Å². The zero-order valence-corrected chi connectivity index (χ0v) is 12.8. The summed E-state index contributed by atoms with van der Waals surface area (Å²) in [6.07, 6.45) is 0.953. The lowest BCUT2D eigenvalue weighted by Crippen LogP contribution is -2.41. The van der Waals surface area contributed by atoms with E-state index in [4.69, 9.17) is 5.11 Å². The fraction of sp³-hybridized carbons (Fsp3) is 0.500. The number of carboxylic acids is 1. The van der Waals surface area contributed by atoms with Gasteiger partial charge in [-0.15, -0.1) is 0 Å². The Bertz CT molecular complexity index is 448. The molecule has 0 aliphatic rings. The molecule has 0 spiro atoms. The lowest BCUT2D eigenvalue weighted by Gasteiger charge is -2.26. The van der Waals surface area contributed by atoms with Gasteiger partial charge in [0, 0.05) is 18.8 Å². The van der Waals surface area contributed by atoms with Crippen LogP contribution in [0.15, 0.2) is 30.3 Å². The Kier molecular flexibility index (Phi) is 7.46. The highest BCUT2D eigenvalue weighted by atomic mass is 16.4. The molecule has 1 N–H and O–H groups in total. The van der Waals surface area contributed by atoms with E-state index in [1.165, 1.54) is 0 Å². The number of rotatable bonds is 9. The maximum atomic E-state index is 12.4. The molecule has 0 saturated carbocycles. The third-order valence-corrected chi connectivity index (χ3v) is 3.23. The van der Waals surface area contributed by atoms with E-state index in [1.807, 2.05) is 49.1 Å². The van der Waals surface area contributed by atoms with Crippen LogP contribution < -0.4 is 4.90 Å². The number of hydrogen-bond acceptors (Lipinski definition) is 3. The number of likely N-dealkylation sites (N-methyl/N-ethyl adjacent to an activating group) is 1. The smallest absolute Gasteiger partial charge is 0.304 e. The molecule has 0 bridgehead atoms. The lowest BCUT2D eigenvalue weighted by atomic mass is 10.2. The van der Waals surface area contributed by atoms with Crippen LogP contribution in [0.25, 0.3) is 0 Å². The Hall–Kier alpha value is -1.88. The molecule has 5 nitrogen and oxygen atoms in total. The minimum atomic E-state index is -0.834.